The third-order valence-electron chi connectivity index (χ3n) is 2.63. The molecule has 4 nitrogen and oxygen atoms in total. The fraction of sp³-hybridized carbons (Fsp3) is 0.714. The van der Waals surface area contributed by atoms with Gasteiger partial charge >= 0.3 is 11.9 Å². The van der Waals surface area contributed by atoms with Crippen LogP contribution in [0.1, 0.15) is 45.4 Å². The molecule has 0 aliphatic rings. The van der Waals surface area contributed by atoms with Gasteiger partial charge in [0.1, 0.15) is 6.61 Å². The van der Waals surface area contributed by atoms with Crippen molar-refractivity contribution < 1.29 is 19.4 Å². The highest BCUT2D eigenvalue weighted by Gasteiger charge is 2.19. The Morgan fingerprint density at radius 3 is 2.63 bits per heavy atom. The van der Waals surface area contributed by atoms with E-state index >= 15 is 0 Å². The molecule has 0 amide bonds. The molecule has 1 unspecified atom stereocenters. The van der Waals surface area contributed by atoms with E-state index < -0.39 is 17.9 Å². The van der Waals surface area contributed by atoms with Crippen LogP contribution in [0.2, 0.25) is 0 Å². The molecule has 0 spiro atoms. The topological polar surface area (TPSA) is 63.6 Å². The number of hydrogen-bond acceptors (Lipinski definition) is 4. The van der Waals surface area contributed by atoms with Crippen LogP contribution in [0.3, 0.4) is 0 Å². The molecule has 0 heterocycles. The average molecular weight is 288 g/mol. The Labute approximate surface area is 120 Å². The van der Waals surface area contributed by atoms with E-state index in [9.17, 15) is 9.59 Å². The van der Waals surface area contributed by atoms with Gasteiger partial charge in [0.15, 0.2) is 0 Å². The summed E-state index contributed by atoms with van der Waals surface area (Å²) in [5, 5.41) is 8.77. The molecule has 0 saturated carbocycles. The molecule has 0 aliphatic heterocycles. The second kappa shape index (κ2) is 12.1. The van der Waals surface area contributed by atoms with E-state index in [1.54, 1.807) is 6.08 Å². The van der Waals surface area contributed by atoms with E-state index in [0.717, 1.165) is 19.3 Å². The van der Waals surface area contributed by atoms with E-state index in [2.05, 4.69) is 19.6 Å². The van der Waals surface area contributed by atoms with Crippen molar-refractivity contribution in [1.82, 2.24) is 0 Å². The molecular formula is C14H24O4S. The van der Waals surface area contributed by atoms with Crippen LogP contribution in [0.25, 0.3) is 0 Å². The number of rotatable bonds is 11. The van der Waals surface area contributed by atoms with E-state index in [0.29, 0.717) is 5.75 Å². The van der Waals surface area contributed by atoms with Gasteiger partial charge in [-0.15, -0.1) is 0 Å². The van der Waals surface area contributed by atoms with Crippen LogP contribution in [-0.4, -0.2) is 29.4 Å². The predicted octanol–water partition coefficient (Wildman–Crippen LogP) is 3.08. The van der Waals surface area contributed by atoms with Gasteiger partial charge in [0.25, 0.3) is 0 Å². The number of unbranched alkanes of at least 4 members (excludes halogenated alkanes) is 4. The van der Waals surface area contributed by atoms with Crippen LogP contribution in [0.4, 0.5) is 0 Å². The van der Waals surface area contributed by atoms with Gasteiger partial charge < -0.3 is 9.84 Å². The number of carbonyl (C=O) groups is 2. The van der Waals surface area contributed by atoms with E-state index in [4.69, 9.17) is 9.84 Å². The van der Waals surface area contributed by atoms with Gasteiger partial charge in [-0.2, -0.15) is 12.6 Å². The Morgan fingerprint density at radius 1 is 1.32 bits per heavy atom. The summed E-state index contributed by atoms with van der Waals surface area (Å²) in [4.78, 5) is 22.3. The largest absolute Gasteiger partial charge is 0.481 e. The van der Waals surface area contributed by atoms with Gasteiger partial charge in [0, 0.05) is 5.75 Å². The number of carboxylic acids is 1. The molecule has 0 radical (unpaired) electrons. The first-order chi connectivity index (χ1) is 9.11. The van der Waals surface area contributed by atoms with Crippen LogP contribution in [-0.2, 0) is 14.3 Å². The number of thiol groups is 1. The van der Waals surface area contributed by atoms with E-state index in [-0.39, 0.29) is 13.0 Å². The molecule has 0 bridgehead atoms. The first-order valence-corrected chi connectivity index (χ1v) is 7.41. The second-order valence-corrected chi connectivity index (χ2v) is 4.82. The van der Waals surface area contributed by atoms with Gasteiger partial charge in [-0.05, 0) is 12.8 Å². The van der Waals surface area contributed by atoms with Crippen LogP contribution >= 0.6 is 12.6 Å². The van der Waals surface area contributed by atoms with Crippen LogP contribution in [0.5, 0.6) is 0 Å². The zero-order valence-electron chi connectivity index (χ0n) is 11.5. The molecule has 0 fully saturated rings. The highest BCUT2D eigenvalue weighted by atomic mass is 32.1. The highest BCUT2D eigenvalue weighted by Crippen LogP contribution is 2.11. The monoisotopic (exact) mass is 288 g/mol. The molecule has 5 heteroatoms. The predicted molar refractivity (Wildman–Crippen MR) is 78.5 cm³/mol. The van der Waals surface area contributed by atoms with E-state index in [1.807, 2.05) is 6.08 Å². The lowest BCUT2D eigenvalue weighted by Gasteiger charge is -2.09. The Hall–Kier alpha value is -0.970. The van der Waals surface area contributed by atoms with Crippen molar-refractivity contribution in [2.45, 2.75) is 45.4 Å². The van der Waals surface area contributed by atoms with Gasteiger partial charge in [-0.1, -0.05) is 38.3 Å². The summed E-state index contributed by atoms with van der Waals surface area (Å²) in [6, 6.07) is 0. The lowest BCUT2D eigenvalue weighted by Crippen LogP contribution is -2.20. The van der Waals surface area contributed by atoms with Crippen molar-refractivity contribution in [3.63, 3.8) is 0 Å². The van der Waals surface area contributed by atoms with Gasteiger partial charge in [-0.25, -0.2) is 0 Å². The first kappa shape index (κ1) is 18.0. The van der Waals surface area contributed by atoms with Gasteiger partial charge in [-0.3, -0.25) is 9.59 Å². The summed E-state index contributed by atoms with van der Waals surface area (Å²) in [6.45, 7) is 2.36. The number of allylic oxidation sites excluding steroid dienone is 1. The zero-order valence-corrected chi connectivity index (χ0v) is 12.4. The van der Waals surface area contributed by atoms with Crippen LogP contribution < -0.4 is 0 Å². The van der Waals surface area contributed by atoms with Crippen molar-refractivity contribution in [3.05, 3.63) is 12.2 Å². The number of carbonyl (C=O) groups excluding carboxylic acids is 1. The minimum atomic E-state index is -0.997. The number of ether oxygens (including phenoxy) is 1. The minimum Gasteiger partial charge on any atom is -0.481 e. The van der Waals surface area contributed by atoms with Crippen molar-refractivity contribution in [2.24, 2.45) is 5.92 Å². The highest BCUT2D eigenvalue weighted by molar-refractivity contribution is 7.80. The van der Waals surface area contributed by atoms with Crippen LogP contribution in [0, 0.1) is 5.92 Å². The standard InChI is InChI=1S/C14H24O4S/c1-2-3-4-5-6-7-8-12(11-13(15)16)14(17)18-9-10-19/h7-8,12,19H,2-6,9-11H2,1H3,(H,15,16). The number of hydrogen-bond donors (Lipinski definition) is 2. The average Bonchev–Trinajstić information content (AvgIpc) is 2.38. The summed E-state index contributed by atoms with van der Waals surface area (Å²) in [7, 11) is 0. The smallest absolute Gasteiger partial charge is 0.313 e. The zero-order chi connectivity index (χ0) is 14.5. The third-order valence-corrected chi connectivity index (χ3v) is 2.81. The third kappa shape index (κ3) is 10.6. The summed E-state index contributed by atoms with van der Waals surface area (Å²) in [6.07, 6.45) is 8.79. The number of esters is 1. The maximum absolute atomic E-state index is 11.6. The SMILES string of the molecule is CCCCCCC=CC(CC(=O)O)C(=O)OCCS. The van der Waals surface area contributed by atoms with Crippen molar-refractivity contribution >= 4 is 24.6 Å². The van der Waals surface area contributed by atoms with Crippen molar-refractivity contribution in [1.29, 1.82) is 0 Å². The molecule has 1 N–H and O–H groups in total. The molecule has 19 heavy (non-hydrogen) atoms. The molecule has 1 atom stereocenters. The molecule has 0 aromatic carbocycles. The lowest BCUT2D eigenvalue weighted by molar-refractivity contribution is -0.150. The normalized spacial score (nSPS) is 12.5. The summed E-state index contributed by atoms with van der Waals surface area (Å²) in [5.74, 6) is -1.74. The molecule has 0 rings (SSSR count). The maximum Gasteiger partial charge on any atom is 0.313 e. The fourth-order valence-corrected chi connectivity index (χ4v) is 1.71. The first-order valence-electron chi connectivity index (χ1n) is 6.77. The maximum atomic E-state index is 11.6. The summed E-state index contributed by atoms with van der Waals surface area (Å²) in [5.41, 5.74) is 0. The summed E-state index contributed by atoms with van der Waals surface area (Å²) < 4.78 is 4.92. The minimum absolute atomic E-state index is 0.211. The summed E-state index contributed by atoms with van der Waals surface area (Å²) >= 11 is 3.94. The van der Waals surface area contributed by atoms with Gasteiger partial charge in [0.05, 0.1) is 12.3 Å². The van der Waals surface area contributed by atoms with Crippen molar-refractivity contribution in [2.75, 3.05) is 12.4 Å². The second-order valence-electron chi connectivity index (χ2n) is 4.37. The molecule has 110 valence electrons. The Kier molecular flexibility index (Phi) is 11.5. The van der Waals surface area contributed by atoms with Crippen molar-refractivity contribution in [3.8, 4) is 0 Å². The van der Waals surface area contributed by atoms with E-state index in [1.165, 1.54) is 12.8 Å². The molecular weight excluding hydrogens is 264 g/mol. The number of carboxylic acid groups (broad SMARTS) is 1. The lowest BCUT2D eigenvalue weighted by atomic mass is 10.0. The fourth-order valence-electron chi connectivity index (χ4n) is 1.62. The Morgan fingerprint density at radius 2 is 2.05 bits per heavy atom. The molecule has 0 saturated heterocycles. The molecule has 0 aromatic heterocycles. The number of aliphatic carboxylic acids is 1. The molecule has 0 aromatic rings. The van der Waals surface area contributed by atoms with Gasteiger partial charge in [0.2, 0.25) is 0 Å². The molecule has 0 aliphatic carbocycles. The Bertz CT molecular complexity index is 289. The quantitative estimate of drug-likeness (QED) is 0.265. The Balaban J connectivity index is 4.14. The van der Waals surface area contributed by atoms with Crippen LogP contribution in [0.15, 0.2) is 12.2 Å².